The Balaban J connectivity index is 1.63. The minimum atomic E-state index is -0.854. The highest BCUT2D eigenvalue weighted by Gasteiger charge is 2.36. The zero-order valence-electron chi connectivity index (χ0n) is 19.4. The van der Waals surface area contributed by atoms with Gasteiger partial charge in [0.2, 0.25) is 5.91 Å². The van der Waals surface area contributed by atoms with Crippen molar-refractivity contribution in [2.45, 2.75) is 64.5 Å². The van der Waals surface area contributed by atoms with Gasteiger partial charge in [-0.15, -0.1) is 0 Å². The second-order valence-electron chi connectivity index (χ2n) is 9.24. The molecule has 1 atom stereocenters. The van der Waals surface area contributed by atoms with Gasteiger partial charge in [0, 0.05) is 43.8 Å². The smallest absolute Gasteiger partial charge is 0.254 e. The van der Waals surface area contributed by atoms with Crippen molar-refractivity contribution in [3.05, 3.63) is 53.0 Å². The molecular weight excluding hydrogens is 404 g/mol. The summed E-state index contributed by atoms with van der Waals surface area (Å²) in [5, 5.41) is 0. The van der Waals surface area contributed by atoms with E-state index in [1.807, 2.05) is 42.2 Å². The van der Waals surface area contributed by atoms with Gasteiger partial charge in [-0.1, -0.05) is 30.3 Å². The summed E-state index contributed by atoms with van der Waals surface area (Å²) in [6.45, 7) is 7.37. The number of anilines is 1. The van der Waals surface area contributed by atoms with Crippen LogP contribution in [0.25, 0.3) is 0 Å². The Morgan fingerprint density at radius 2 is 1.94 bits per heavy atom. The number of piperidine rings is 1. The standard InChI is InChI=1S/C25H32N4O3/c1-17-20-12-13-21(30)29(15-18-9-6-5-7-10-18)23(20)27-22(26-17)19-11-8-14-28(16-19)24(31)25(2,3)32-4/h5-7,9-10,19H,8,11-16H2,1-4H3. The molecule has 7 heteroatoms. The largest absolute Gasteiger partial charge is 0.369 e. The maximum absolute atomic E-state index is 12.9. The van der Waals surface area contributed by atoms with E-state index in [1.54, 1.807) is 25.9 Å². The third-order valence-electron chi connectivity index (χ3n) is 6.64. The van der Waals surface area contributed by atoms with Crippen LogP contribution in [0.5, 0.6) is 0 Å². The van der Waals surface area contributed by atoms with E-state index in [0.29, 0.717) is 32.5 Å². The molecule has 170 valence electrons. The monoisotopic (exact) mass is 436 g/mol. The van der Waals surface area contributed by atoms with Gasteiger partial charge in [0.05, 0.1) is 6.54 Å². The Morgan fingerprint density at radius 3 is 2.66 bits per heavy atom. The molecule has 0 bridgehead atoms. The third kappa shape index (κ3) is 4.39. The molecule has 2 aliphatic heterocycles. The highest BCUT2D eigenvalue weighted by atomic mass is 16.5. The number of carbonyl (C=O) groups is 2. The summed E-state index contributed by atoms with van der Waals surface area (Å²) in [6.07, 6.45) is 2.95. The fraction of sp³-hybridized carbons (Fsp3) is 0.520. The topological polar surface area (TPSA) is 75.6 Å². The van der Waals surface area contributed by atoms with Crippen molar-refractivity contribution in [3.8, 4) is 0 Å². The molecule has 2 aromatic rings. The summed E-state index contributed by atoms with van der Waals surface area (Å²) in [4.78, 5) is 39.2. The summed E-state index contributed by atoms with van der Waals surface area (Å²) in [6, 6.07) is 9.99. The second kappa shape index (κ2) is 8.98. The van der Waals surface area contributed by atoms with Gasteiger partial charge in [0.15, 0.2) is 0 Å². The first-order valence-corrected chi connectivity index (χ1v) is 11.4. The minimum Gasteiger partial charge on any atom is -0.369 e. The lowest BCUT2D eigenvalue weighted by atomic mass is 9.94. The number of amides is 2. The molecule has 1 saturated heterocycles. The molecule has 0 spiro atoms. The van der Waals surface area contributed by atoms with Crippen molar-refractivity contribution >= 4 is 17.6 Å². The number of nitrogens with zero attached hydrogens (tertiary/aromatic N) is 4. The quantitative estimate of drug-likeness (QED) is 0.718. The number of methoxy groups -OCH3 is 1. The Bertz CT molecular complexity index is 1010. The van der Waals surface area contributed by atoms with E-state index >= 15 is 0 Å². The lowest BCUT2D eigenvalue weighted by Gasteiger charge is -2.37. The van der Waals surface area contributed by atoms with Gasteiger partial charge in [0.25, 0.3) is 5.91 Å². The molecular formula is C25H32N4O3. The van der Waals surface area contributed by atoms with Crippen LogP contribution >= 0.6 is 0 Å². The highest BCUT2D eigenvalue weighted by molar-refractivity contribution is 5.95. The SMILES string of the molecule is COC(C)(C)C(=O)N1CCCC(c2nc(C)c3c(n2)N(Cc2ccccc2)C(=O)CC3)C1. The number of hydrogen-bond acceptors (Lipinski definition) is 5. The zero-order chi connectivity index (χ0) is 22.9. The zero-order valence-corrected chi connectivity index (χ0v) is 19.4. The van der Waals surface area contributed by atoms with E-state index in [4.69, 9.17) is 14.7 Å². The molecule has 1 aromatic carbocycles. The van der Waals surface area contributed by atoms with Crippen LogP contribution in [0.15, 0.2) is 30.3 Å². The maximum Gasteiger partial charge on any atom is 0.254 e. The van der Waals surface area contributed by atoms with E-state index in [2.05, 4.69) is 0 Å². The van der Waals surface area contributed by atoms with Crippen molar-refractivity contribution < 1.29 is 14.3 Å². The fourth-order valence-electron chi connectivity index (χ4n) is 4.56. The van der Waals surface area contributed by atoms with Crippen LogP contribution in [0, 0.1) is 6.92 Å². The number of aryl methyl sites for hydroxylation is 1. The second-order valence-corrected chi connectivity index (χ2v) is 9.24. The van der Waals surface area contributed by atoms with Crippen molar-refractivity contribution in [2.24, 2.45) is 0 Å². The van der Waals surface area contributed by atoms with Crippen LogP contribution in [0.2, 0.25) is 0 Å². The predicted molar refractivity (Wildman–Crippen MR) is 122 cm³/mol. The molecule has 2 aliphatic rings. The van der Waals surface area contributed by atoms with E-state index in [1.165, 1.54) is 0 Å². The molecule has 2 amide bonds. The molecule has 0 aliphatic carbocycles. The van der Waals surface area contributed by atoms with Crippen LogP contribution in [0.3, 0.4) is 0 Å². The lowest BCUT2D eigenvalue weighted by molar-refractivity contribution is -0.152. The molecule has 1 aromatic heterocycles. The summed E-state index contributed by atoms with van der Waals surface area (Å²) in [5.74, 6) is 1.57. The summed E-state index contributed by atoms with van der Waals surface area (Å²) in [7, 11) is 1.56. The number of carbonyl (C=O) groups excluding carboxylic acids is 2. The van der Waals surface area contributed by atoms with Crippen molar-refractivity contribution in [1.82, 2.24) is 14.9 Å². The Hall–Kier alpha value is -2.80. The summed E-state index contributed by atoms with van der Waals surface area (Å²) in [5.41, 5.74) is 2.19. The number of likely N-dealkylation sites (tertiary alicyclic amines) is 1. The van der Waals surface area contributed by atoms with Crippen LogP contribution in [-0.4, -0.2) is 52.5 Å². The molecule has 0 N–H and O–H groups in total. The van der Waals surface area contributed by atoms with Crippen LogP contribution < -0.4 is 4.90 Å². The Kier molecular flexibility index (Phi) is 6.29. The number of hydrogen-bond donors (Lipinski definition) is 0. The Morgan fingerprint density at radius 1 is 1.19 bits per heavy atom. The van der Waals surface area contributed by atoms with Crippen molar-refractivity contribution in [3.63, 3.8) is 0 Å². The molecule has 3 heterocycles. The number of ether oxygens (including phenoxy) is 1. The number of rotatable bonds is 5. The van der Waals surface area contributed by atoms with Gasteiger partial charge >= 0.3 is 0 Å². The molecule has 0 radical (unpaired) electrons. The molecule has 4 rings (SSSR count). The fourth-order valence-corrected chi connectivity index (χ4v) is 4.56. The average molecular weight is 437 g/mol. The first-order valence-electron chi connectivity index (χ1n) is 11.4. The highest BCUT2D eigenvalue weighted by Crippen LogP contribution is 2.33. The summed E-state index contributed by atoms with van der Waals surface area (Å²) < 4.78 is 5.40. The van der Waals surface area contributed by atoms with Gasteiger partial charge in [-0.05, 0) is 45.6 Å². The Labute approximate surface area is 189 Å². The first-order chi connectivity index (χ1) is 15.3. The molecule has 7 nitrogen and oxygen atoms in total. The molecule has 0 saturated carbocycles. The first kappa shape index (κ1) is 22.4. The maximum atomic E-state index is 12.9. The van der Waals surface area contributed by atoms with Gasteiger partial charge in [-0.25, -0.2) is 9.97 Å². The normalized spacial score (nSPS) is 19.1. The van der Waals surface area contributed by atoms with E-state index in [0.717, 1.165) is 41.3 Å². The minimum absolute atomic E-state index is 0.0136. The van der Waals surface area contributed by atoms with Gasteiger partial charge < -0.3 is 9.64 Å². The van der Waals surface area contributed by atoms with E-state index in [-0.39, 0.29) is 17.7 Å². The molecule has 1 fully saturated rings. The number of fused-ring (bicyclic) bond motifs is 1. The van der Waals surface area contributed by atoms with Gasteiger partial charge in [-0.2, -0.15) is 0 Å². The number of benzene rings is 1. The van der Waals surface area contributed by atoms with E-state index in [9.17, 15) is 9.59 Å². The molecule has 1 unspecified atom stereocenters. The van der Waals surface area contributed by atoms with Crippen molar-refractivity contribution in [1.29, 1.82) is 0 Å². The predicted octanol–water partition coefficient (Wildman–Crippen LogP) is 3.40. The van der Waals surface area contributed by atoms with Crippen LogP contribution in [0.4, 0.5) is 5.82 Å². The summed E-state index contributed by atoms with van der Waals surface area (Å²) >= 11 is 0. The molecule has 32 heavy (non-hydrogen) atoms. The lowest BCUT2D eigenvalue weighted by Crippen LogP contribution is -2.50. The van der Waals surface area contributed by atoms with E-state index < -0.39 is 5.60 Å². The number of aromatic nitrogens is 2. The van der Waals surface area contributed by atoms with Crippen LogP contribution in [0.1, 0.15) is 61.7 Å². The van der Waals surface area contributed by atoms with Crippen molar-refractivity contribution in [2.75, 3.05) is 25.1 Å². The van der Waals surface area contributed by atoms with Gasteiger partial charge in [-0.3, -0.25) is 14.5 Å². The van der Waals surface area contributed by atoms with Crippen LogP contribution in [-0.2, 0) is 27.3 Å². The van der Waals surface area contributed by atoms with Gasteiger partial charge in [0.1, 0.15) is 17.2 Å². The third-order valence-corrected chi connectivity index (χ3v) is 6.64. The average Bonchev–Trinajstić information content (AvgIpc) is 2.81.